The lowest BCUT2D eigenvalue weighted by molar-refractivity contribution is 0.102. The predicted octanol–water partition coefficient (Wildman–Crippen LogP) is 6.34. The molecule has 3 aromatic carbocycles. The van der Waals surface area contributed by atoms with Crippen LogP contribution in [0.5, 0.6) is 0 Å². The van der Waals surface area contributed by atoms with E-state index in [1.54, 1.807) is 29.0 Å². The van der Waals surface area contributed by atoms with Crippen molar-refractivity contribution in [2.45, 2.75) is 25.8 Å². The molecule has 0 spiro atoms. The summed E-state index contributed by atoms with van der Waals surface area (Å²) in [6.45, 7) is 2.90. The number of nitrogens with zero attached hydrogens (tertiary/aromatic N) is 2. The SMILES string of the molecule is O=C(Nc1ccc2scnc2c1)c1ccc(-c2ccc(F)cc2)c(CN2CCCCC2)c1. The fourth-order valence-electron chi connectivity index (χ4n) is 4.27. The molecular formula is C26H24FN3OS. The van der Waals surface area contributed by atoms with E-state index in [1.807, 2.05) is 36.4 Å². The number of thiazole rings is 1. The quantitative estimate of drug-likeness (QED) is 0.390. The van der Waals surface area contributed by atoms with Gasteiger partial charge in [0.2, 0.25) is 0 Å². The minimum Gasteiger partial charge on any atom is -0.322 e. The maximum Gasteiger partial charge on any atom is 0.255 e. The first-order valence-corrected chi connectivity index (χ1v) is 11.8. The molecule has 0 unspecified atom stereocenters. The number of hydrogen-bond acceptors (Lipinski definition) is 4. The molecule has 32 heavy (non-hydrogen) atoms. The lowest BCUT2D eigenvalue weighted by atomic mass is 9.96. The molecule has 0 saturated carbocycles. The fraction of sp³-hybridized carbons (Fsp3) is 0.231. The Bertz CT molecular complexity index is 1250. The van der Waals surface area contributed by atoms with Crippen molar-refractivity contribution in [2.75, 3.05) is 18.4 Å². The zero-order valence-corrected chi connectivity index (χ0v) is 18.5. The van der Waals surface area contributed by atoms with Crippen LogP contribution >= 0.6 is 11.3 Å². The van der Waals surface area contributed by atoms with E-state index < -0.39 is 0 Å². The summed E-state index contributed by atoms with van der Waals surface area (Å²) in [7, 11) is 0. The summed E-state index contributed by atoms with van der Waals surface area (Å²) in [5.41, 5.74) is 7.11. The average molecular weight is 446 g/mol. The number of amides is 1. The Morgan fingerprint density at radius 2 is 1.81 bits per heavy atom. The number of hydrogen-bond donors (Lipinski definition) is 1. The van der Waals surface area contributed by atoms with Crippen LogP contribution in [0.15, 0.2) is 66.2 Å². The van der Waals surface area contributed by atoms with E-state index in [0.29, 0.717) is 5.56 Å². The van der Waals surface area contributed by atoms with Gasteiger partial charge in [-0.25, -0.2) is 9.37 Å². The van der Waals surface area contributed by atoms with E-state index in [9.17, 15) is 9.18 Å². The number of aromatic nitrogens is 1. The molecule has 162 valence electrons. The van der Waals surface area contributed by atoms with Gasteiger partial charge in [-0.1, -0.05) is 24.6 Å². The van der Waals surface area contributed by atoms with Crippen molar-refractivity contribution in [3.63, 3.8) is 0 Å². The van der Waals surface area contributed by atoms with Crippen LogP contribution in [0.3, 0.4) is 0 Å². The number of anilines is 1. The summed E-state index contributed by atoms with van der Waals surface area (Å²) >= 11 is 1.58. The average Bonchev–Trinajstić information content (AvgIpc) is 3.28. The standard InChI is InChI=1S/C26H24FN3OS/c27-21-7-4-18(5-8-21)23-10-6-19(14-20(23)16-30-12-2-1-3-13-30)26(31)29-22-9-11-25-24(15-22)28-17-32-25/h4-11,14-15,17H,1-3,12-13,16H2,(H,29,31). The predicted molar refractivity (Wildman–Crippen MR) is 129 cm³/mol. The highest BCUT2D eigenvalue weighted by molar-refractivity contribution is 7.16. The van der Waals surface area contributed by atoms with Gasteiger partial charge in [0, 0.05) is 17.8 Å². The number of halogens is 1. The lowest BCUT2D eigenvalue weighted by Crippen LogP contribution is -2.29. The van der Waals surface area contributed by atoms with Crippen LogP contribution in [0.2, 0.25) is 0 Å². The van der Waals surface area contributed by atoms with Crippen LogP contribution in [0.4, 0.5) is 10.1 Å². The van der Waals surface area contributed by atoms with Gasteiger partial charge in [-0.15, -0.1) is 11.3 Å². The highest BCUT2D eigenvalue weighted by Crippen LogP contribution is 2.28. The fourth-order valence-corrected chi connectivity index (χ4v) is 4.93. The molecular weight excluding hydrogens is 421 g/mol. The van der Waals surface area contributed by atoms with Gasteiger partial charge in [0.1, 0.15) is 5.82 Å². The Labute approximate surface area is 190 Å². The summed E-state index contributed by atoms with van der Waals surface area (Å²) in [6.07, 6.45) is 3.67. The number of rotatable bonds is 5. The first kappa shape index (κ1) is 20.8. The summed E-state index contributed by atoms with van der Waals surface area (Å²) in [4.78, 5) is 19.8. The third kappa shape index (κ3) is 4.56. The lowest BCUT2D eigenvalue weighted by Gasteiger charge is -2.27. The van der Waals surface area contributed by atoms with E-state index in [-0.39, 0.29) is 11.7 Å². The van der Waals surface area contributed by atoms with Crippen molar-refractivity contribution in [3.8, 4) is 11.1 Å². The summed E-state index contributed by atoms with van der Waals surface area (Å²) < 4.78 is 14.6. The number of benzene rings is 3. The third-order valence-corrected chi connectivity index (χ3v) is 6.76. The molecule has 0 bridgehead atoms. The van der Waals surface area contributed by atoms with Crippen LogP contribution in [0, 0.1) is 5.82 Å². The Kier molecular flexibility index (Phi) is 5.97. The molecule has 1 amide bonds. The minimum absolute atomic E-state index is 0.148. The number of carbonyl (C=O) groups is 1. The van der Waals surface area contributed by atoms with Crippen LogP contribution in [-0.2, 0) is 6.54 Å². The van der Waals surface area contributed by atoms with Crippen LogP contribution in [0.25, 0.3) is 21.3 Å². The van der Waals surface area contributed by atoms with Gasteiger partial charge in [0.15, 0.2) is 0 Å². The van der Waals surface area contributed by atoms with E-state index in [4.69, 9.17) is 0 Å². The van der Waals surface area contributed by atoms with Gasteiger partial charge < -0.3 is 5.32 Å². The van der Waals surface area contributed by atoms with Crippen molar-refractivity contribution >= 4 is 33.1 Å². The zero-order valence-electron chi connectivity index (χ0n) is 17.7. The zero-order chi connectivity index (χ0) is 21.9. The van der Waals surface area contributed by atoms with Gasteiger partial charge in [-0.05, 0) is 85.1 Å². The maximum absolute atomic E-state index is 13.5. The van der Waals surface area contributed by atoms with Crippen molar-refractivity contribution in [1.29, 1.82) is 0 Å². The second-order valence-electron chi connectivity index (χ2n) is 8.20. The molecule has 1 aliphatic heterocycles. The van der Waals surface area contributed by atoms with E-state index in [1.165, 1.54) is 31.4 Å². The molecule has 1 fully saturated rings. The molecule has 0 aliphatic carbocycles. The maximum atomic E-state index is 13.5. The summed E-state index contributed by atoms with van der Waals surface area (Å²) in [6, 6.07) is 18.1. The first-order valence-electron chi connectivity index (χ1n) is 10.9. The highest BCUT2D eigenvalue weighted by Gasteiger charge is 2.16. The third-order valence-electron chi connectivity index (χ3n) is 5.95. The minimum atomic E-state index is -0.251. The van der Waals surface area contributed by atoms with Gasteiger partial charge in [0.25, 0.3) is 5.91 Å². The molecule has 4 aromatic rings. The number of likely N-dealkylation sites (tertiary alicyclic amines) is 1. The Morgan fingerprint density at radius 1 is 1.00 bits per heavy atom. The van der Waals surface area contributed by atoms with Crippen molar-refractivity contribution in [3.05, 3.63) is 83.1 Å². The van der Waals surface area contributed by atoms with Gasteiger partial charge >= 0.3 is 0 Å². The highest BCUT2D eigenvalue weighted by atomic mass is 32.1. The van der Waals surface area contributed by atoms with Gasteiger partial charge in [0.05, 0.1) is 15.7 Å². The smallest absolute Gasteiger partial charge is 0.255 e. The molecule has 1 aromatic heterocycles. The topological polar surface area (TPSA) is 45.2 Å². The van der Waals surface area contributed by atoms with E-state index in [0.717, 1.165) is 52.2 Å². The normalized spacial score (nSPS) is 14.5. The number of fused-ring (bicyclic) bond motifs is 1. The molecule has 2 heterocycles. The number of carbonyl (C=O) groups excluding carboxylic acids is 1. The first-order chi connectivity index (χ1) is 15.7. The summed E-state index contributed by atoms with van der Waals surface area (Å²) in [5, 5.41) is 3.00. The Balaban J connectivity index is 1.44. The molecule has 1 aliphatic rings. The molecule has 1 N–H and O–H groups in total. The van der Waals surface area contributed by atoms with Crippen LogP contribution in [0.1, 0.15) is 35.2 Å². The number of piperidine rings is 1. The molecule has 0 radical (unpaired) electrons. The Morgan fingerprint density at radius 3 is 2.62 bits per heavy atom. The van der Waals surface area contributed by atoms with Crippen molar-refractivity contribution in [1.82, 2.24) is 9.88 Å². The summed E-state index contributed by atoms with van der Waals surface area (Å²) in [5.74, 6) is -0.399. The van der Waals surface area contributed by atoms with Crippen molar-refractivity contribution in [2.24, 2.45) is 0 Å². The Hall–Kier alpha value is -3.09. The monoisotopic (exact) mass is 445 g/mol. The largest absolute Gasteiger partial charge is 0.322 e. The molecule has 0 atom stereocenters. The molecule has 6 heteroatoms. The number of nitrogens with one attached hydrogen (secondary N) is 1. The molecule has 4 nitrogen and oxygen atoms in total. The second-order valence-corrected chi connectivity index (χ2v) is 9.09. The molecule has 5 rings (SSSR count). The van der Waals surface area contributed by atoms with Crippen LogP contribution < -0.4 is 5.32 Å². The van der Waals surface area contributed by atoms with Crippen molar-refractivity contribution < 1.29 is 9.18 Å². The van der Waals surface area contributed by atoms with Gasteiger partial charge in [-0.3, -0.25) is 9.69 Å². The van der Waals surface area contributed by atoms with Gasteiger partial charge in [-0.2, -0.15) is 0 Å². The molecule has 1 saturated heterocycles. The van der Waals surface area contributed by atoms with E-state index in [2.05, 4.69) is 15.2 Å². The second kappa shape index (κ2) is 9.18. The van der Waals surface area contributed by atoms with Crippen LogP contribution in [-0.4, -0.2) is 28.9 Å². The van der Waals surface area contributed by atoms with E-state index >= 15 is 0 Å².